The van der Waals surface area contributed by atoms with Crippen molar-refractivity contribution < 1.29 is 4.79 Å². The molecule has 0 spiro atoms. The summed E-state index contributed by atoms with van der Waals surface area (Å²) in [5.41, 5.74) is 5.68. The average Bonchev–Trinajstić information content (AvgIpc) is 2.25. The summed E-state index contributed by atoms with van der Waals surface area (Å²) < 4.78 is 0. The van der Waals surface area contributed by atoms with Crippen molar-refractivity contribution in [3.05, 3.63) is 0 Å². The van der Waals surface area contributed by atoms with Crippen molar-refractivity contribution in [1.82, 2.24) is 4.90 Å². The summed E-state index contributed by atoms with van der Waals surface area (Å²) in [5.74, 6) is 1.46. The molecule has 0 saturated carbocycles. The van der Waals surface area contributed by atoms with Crippen LogP contribution in [0.3, 0.4) is 0 Å². The Hall–Kier alpha value is -0.220. The molecule has 0 saturated heterocycles. The third-order valence-electron chi connectivity index (χ3n) is 3.10. The van der Waals surface area contributed by atoms with Crippen LogP contribution in [0.25, 0.3) is 0 Å². The molecular formula is C12H26N2OS. The molecule has 0 aromatic rings. The Morgan fingerprint density at radius 2 is 2.00 bits per heavy atom. The molecule has 0 aromatic heterocycles. The minimum atomic E-state index is -0.0408. The van der Waals surface area contributed by atoms with Gasteiger partial charge in [-0.05, 0) is 18.6 Å². The summed E-state index contributed by atoms with van der Waals surface area (Å²) in [7, 11) is 1.90. The van der Waals surface area contributed by atoms with Gasteiger partial charge in [-0.15, -0.1) is 0 Å². The first-order chi connectivity index (χ1) is 7.49. The first-order valence-corrected chi connectivity index (χ1v) is 7.34. The number of thioether (sulfide) groups is 1. The van der Waals surface area contributed by atoms with Crippen molar-refractivity contribution >= 4 is 17.7 Å². The van der Waals surface area contributed by atoms with Gasteiger partial charge in [-0.25, -0.2) is 0 Å². The Morgan fingerprint density at radius 1 is 1.44 bits per heavy atom. The molecule has 2 unspecified atom stereocenters. The van der Waals surface area contributed by atoms with Crippen LogP contribution in [0.15, 0.2) is 0 Å². The standard InChI is InChI=1S/C12H26N2OS/c1-6-10(8-16-5)14(4)12(15)11(7-13)9(2)3/h9-11H,6-8,13H2,1-5H3. The third kappa shape index (κ3) is 4.34. The van der Waals surface area contributed by atoms with Crippen molar-refractivity contribution in [2.75, 3.05) is 25.6 Å². The molecule has 0 radical (unpaired) electrons. The smallest absolute Gasteiger partial charge is 0.227 e. The van der Waals surface area contributed by atoms with Crippen molar-refractivity contribution in [3.8, 4) is 0 Å². The molecule has 3 nitrogen and oxygen atoms in total. The fourth-order valence-electron chi connectivity index (χ4n) is 1.80. The van der Waals surface area contributed by atoms with E-state index in [1.165, 1.54) is 0 Å². The molecule has 0 aliphatic carbocycles. The largest absolute Gasteiger partial charge is 0.342 e. The van der Waals surface area contributed by atoms with Gasteiger partial charge in [0.15, 0.2) is 0 Å². The number of nitrogens with two attached hydrogens (primary N) is 1. The van der Waals surface area contributed by atoms with Crippen molar-refractivity contribution in [1.29, 1.82) is 0 Å². The fourth-order valence-corrected chi connectivity index (χ4v) is 2.64. The Morgan fingerprint density at radius 3 is 2.31 bits per heavy atom. The van der Waals surface area contributed by atoms with Crippen LogP contribution in [0, 0.1) is 11.8 Å². The van der Waals surface area contributed by atoms with Crippen LogP contribution < -0.4 is 5.73 Å². The van der Waals surface area contributed by atoms with Gasteiger partial charge in [-0.2, -0.15) is 11.8 Å². The zero-order chi connectivity index (χ0) is 12.7. The summed E-state index contributed by atoms with van der Waals surface area (Å²) in [6.07, 6.45) is 3.07. The molecule has 2 atom stereocenters. The molecule has 0 fully saturated rings. The minimum Gasteiger partial charge on any atom is -0.342 e. The molecule has 0 aliphatic heterocycles. The number of nitrogens with zero attached hydrogens (tertiary/aromatic N) is 1. The maximum absolute atomic E-state index is 12.2. The lowest BCUT2D eigenvalue weighted by Crippen LogP contribution is -2.45. The third-order valence-corrected chi connectivity index (χ3v) is 3.82. The van der Waals surface area contributed by atoms with Crippen LogP contribution in [-0.2, 0) is 4.79 Å². The van der Waals surface area contributed by atoms with Gasteiger partial charge in [0.05, 0.1) is 5.92 Å². The molecule has 0 aliphatic rings. The highest BCUT2D eigenvalue weighted by Gasteiger charge is 2.27. The lowest BCUT2D eigenvalue weighted by atomic mass is 9.94. The molecule has 2 N–H and O–H groups in total. The first-order valence-electron chi connectivity index (χ1n) is 5.95. The molecule has 4 heteroatoms. The second kappa shape index (κ2) is 7.96. The monoisotopic (exact) mass is 246 g/mol. The van der Waals surface area contributed by atoms with E-state index in [0.717, 1.165) is 12.2 Å². The molecule has 16 heavy (non-hydrogen) atoms. The SMILES string of the molecule is CCC(CSC)N(C)C(=O)C(CN)C(C)C. The van der Waals surface area contributed by atoms with Gasteiger partial charge in [0.25, 0.3) is 0 Å². The van der Waals surface area contributed by atoms with Gasteiger partial charge in [0, 0.05) is 25.4 Å². The predicted molar refractivity (Wildman–Crippen MR) is 72.6 cm³/mol. The Labute approximate surface area is 104 Å². The van der Waals surface area contributed by atoms with E-state index in [2.05, 4.69) is 27.0 Å². The number of carbonyl (C=O) groups excluding carboxylic acids is 1. The Bertz CT molecular complexity index is 209. The summed E-state index contributed by atoms with van der Waals surface area (Å²) in [4.78, 5) is 14.1. The molecule has 0 aromatic carbocycles. The van der Waals surface area contributed by atoms with Crippen LogP contribution in [-0.4, -0.2) is 42.4 Å². The topological polar surface area (TPSA) is 46.3 Å². The van der Waals surface area contributed by atoms with Gasteiger partial charge in [-0.3, -0.25) is 4.79 Å². The average molecular weight is 246 g/mol. The summed E-state index contributed by atoms with van der Waals surface area (Å²) >= 11 is 1.78. The van der Waals surface area contributed by atoms with Gasteiger partial charge >= 0.3 is 0 Å². The highest BCUT2D eigenvalue weighted by molar-refractivity contribution is 7.98. The first kappa shape index (κ1) is 15.8. The molecule has 1 amide bonds. The van der Waals surface area contributed by atoms with Gasteiger partial charge in [-0.1, -0.05) is 20.8 Å². The highest BCUT2D eigenvalue weighted by Crippen LogP contribution is 2.16. The lowest BCUT2D eigenvalue weighted by Gasteiger charge is -2.31. The van der Waals surface area contributed by atoms with E-state index in [9.17, 15) is 4.79 Å². The van der Waals surface area contributed by atoms with Crippen LogP contribution in [0.5, 0.6) is 0 Å². The van der Waals surface area contributed by atoms with Gasteiger partial charge in [0.1, 0.15) is 0 Å². The second-order valence-electron chi connectivity index (χ2n) is 4.55. The van der Waals surface area contributed by atoms with Crippen LogP contribution >= 0.6 is 11.8 Å². The van der Waals surface area contributed by atoms with Crippen LogP contribution in [0.4, 0.5) is 0 Å². The van der Waals surface area contributed by atoms with E-state index >= 15 is 0 Å². The van der Waals surface area contributed by atoms with Crippen molar-refractivity contribution in [2.24, 2.45) is 17.6 Å². The molecule has 0 heterocycles. The molecule has 0 rings (SSSR count). The van der Waals surface area contributed by atoms with Crippen LogP contribution in [0.1, 0.15) is 27.2 Å². The zero-order valence-corrected chi connectivity index (χ0v) is 12.0. The number of hydrogen-bond donors (Lipinski definition) is 1. The number of rotatable bonds is 7. The molecular weight excluding hydrogens is 220 g/mol. The Balaban J connectivity index is 4.55. The Kier molecular flexibility index (Phi) is 7.85. The van der Waals surface area contributed by atoms with E-state index in [1.54, 1.807) is 11.8 Å². The van der Waals surface area contributed by atoms with Gasteiger partial charge < -0.3 is 10.6 Å². The lowest BCUT2D eigenvalue weighted by molar-refractivity contribution is -0.137. The van der Waals surface area contributed by atoms with Crippen molar-refractivity contribution in [3.63, 3.8) is 0 Å². The number of carbonyl (C=O) groups is 1. The molecule has 96 valence electrons. The predicted octanol–water partition coefficient (Wildman–Crippen LogP) is 1.82. The summed E-state index contributed by atoms with van der Waals surface area (Å²) in [6, 6.07) is 0.329. The van der Waals surface area contributed by atoms with E-state index in [0.29, 0.717) is 18.5 Å². The van der Waals surface area contributed by atoms with E-state index in [1.807, 2.05) is 11.9 Å². The van der Waals surface area contributed by atoms with E-state index in [4.69, 9.17) is 5.73 Å². The van der Waals surface area contributed by atoms with Crippen LogP contribution in [0.2, 0.25) is 0 Å². The maximum atomic E-state index is 12.2. The van der Waals surface area contributed by atoms with Crippen molar-refractivity contribution in [2.45, 2.75) is 33.2 Å². The quantitative estimate of drug-likeness (QED) is 0.745. The van der Waals surface area contributed by atoms with E-state index in [-0.39, 0.29) is 11.8 Å². The summed E-state index contributed by atoms with van der Waals surface area (Å²) in [6.45, 7) is 6.67. The normalized spacial score (nSPS) is 14.9. The van der Waals surface area contributed by atoms with Gasteiger partial charge in [0.2, 0.25) is 5.91 Å². The number of hydrogen-bond acceptors (Lipinski definition) is 3. The highest BCUT2D eigenvalue weighted by atomic mass is 32.2. The zero-order valence-electron chi connectivity index (χ0n) is 11.2. The number of amides is 1. The molecule has 0 bridgehead atoms. The second-order valence-corrected chi connectivity index (χ2v) is 5.46. The maximum Gasteiger partial charge on any atom is 0.227 e. The minimum absolute atomic E-state index is 0.0408. The summed E-state index contributed by atoms with van der Waals surface area (Å²) in [5, 5.41) is 0. The fraction of sp³-hybridized carbons (Fsp3) is 0.917. The van der Waals surface area contributed by atoms with E-state index < -0.39 is 0 Å².